The number of carbonyl (C=O) groups excluding carboxylic acids is 1. The van der Waals surface area contributed by atoms with Gasteiger partial charge in [-0.2, -0.15) is 0 Å². The zero-order valence-electron chi connectivity index (χ0n) is 13.4. The lowest BCUT2D eigenvalue weighted by Crippen LogP contribution is -2.23. The van der Waals surface area contributed by atoms with Gasteiger partial charge >= 0.3 is 0 Å². The van der Waals surface area contributed by atoms with E-state index in [4.69, 9.17) is 0 Å². The molecule has 0 spiro atoms. The Balaban J connectivity index is 1.66. The van der Waals surface area contributed by atoms with Crippen molar-refractivity contribution in [3.63, 3.8) is 0 Å². The predicted molar refractivity (Wildman–Crippen MR) is 88.0 cm³/mol. The van der Waals surface area contributed by atoms with Gasteiger partial charge in [-0.05, 0) is 38.8 Å². The van der Waals surface area contributed by atoms with Crippen molar-refractivity contribution >= 4 is 23.4 Å². The van der Waals surface area contributed by atoms with Crippen molar-refractivity contribution in [3.05, 3.63) is 35.7 Å². The second kappa shape index (κ2) is 6.88. The van der Waals surface area contributed by atoms with Gasteiger partial charge in [-0.3, -0.25) is 4.79 Å². The molecule has 1 saturated carbocycles. The topological polar surface area (TPSA) is 59.8 Å². The number of thioether (sulfide) groups is 1. The van der Waals surface area contributed by atoms with Crippen LogP contribution in [0.25, 0.3) is 0 Å². The lowest BCUT2D eigenvalue weighted by Gasteiger charge is -2.13. The van der Waals surface area contributed by atoms with E-state index in [1.165, 1.54) is 17.8 Å². The average Bonchev–Trinajstić information content (AvgIpc) is 3.32. The third-order valence-corrected chi connectivity index (χ3v) is 4.92. The van der Waals surface area contributed by atoms with E-state index in [2.05, 4.69) is 15.5 Å². The van der Waals surface area contributed by atoms with E-state index in [0.717, 1.165) is 37.3 Å². The van der Waals surface area contributed by atoms with Gasteiger partial charge in [-0.1, -0.05) is 11.8 Å². The number of benzene rings is 1. The van der Waals surface area contributed by atoms with Crippen LogP contribution in [0.5, 0.6) is 0 Å². The Hall–Kier alpha value is -1.96. The van der Waals surface area contributed by atoms with E-state index >= 15 is 0 Å². The fourth-order valence-corrected chi connectivity index (χ4v) is 3.28. The number of aromatic nitrogens is 3. The van der Waals surface area contributed by atoms with Gasteiger partial charge in [0.25, 0.3) is 0 Å². The summed E-state index contributed by atoms with van der Waals surface area (Å²) >= 11 is 1.30. The Kier molecular flexibility index (Phi) is 4.84. The highest BCUT2D eigenvalue weighted by Crippen LogP contribution is 2.40. The lowest BCUT2D eigenvalue weighted by atomic mass is 10.3. The van der Waals surface area contributed by atoms with Gasteiger partial charge in [0.05, 0.1) is 5.25 Å². The van der Waals surface area contributed by atoms with Gasteiger partial charge < -0.3 is 9.88 Å². The molecule has 1 aliphatic carbocycles. The third kappa shape index (κ3) is 3.58. The normalized spacial score (nSPS) is 15.3. The second-order valence-corrected chi connectivity index (χ2v) is 7.05. The standard InChI is InChI=1S/C16H18F2N4OS/c1-3-22-14(10-4-5-10)20-21-16(22)24-9(2)15(23)19-11-6-7-12(17)13(18)8-11/h6-10H,3-5H2,1-2H3,(H,19,23)/t9-/m1/s1. The molecule has 8 heteroatoms. The molecule has 1 N–H and O–H groups in total. The highest BCUT2D eigenvalue weighted by atomic mass is 32.2. The van der Waals surface area contributed by atoms with Gasteiger partial charge in [0.2, 0.25) is 5.91 Å². The van der Waals surface area contributed by atoms with Crippen molar-refractivity contribution in [1.29, 1.82) is 0 Å². The highest BCUT2D eigenvalue weighted by molar-refractivity contribution is 8.00. The molecule has 0 unspecified atom stereocenters. The van der Waals surface area contributed by atoms with Crippen LogP contribution in [0.2, 0.25) is 0 Å². The number of hydrogen-bond acceptors (Lipinski definition) is 4. The largest absolute Gasteiger partial charge is 0.325 e. The van der Waals surface area contributed by atoms with Crippen LogP contribution < -0.4 is 5.32 Å². The van der Waals surface area contributed by atoms with Gasteiger partial charge in [0.15, 0.2) is 16.8 Å². The van der Waals surface area contributed by atoms with Crippen LogP contribution in [-0.2, 0) is 11.3 Å². The van der Waals surface area contributed by atoms with E-state index in [0.29, 0.717) is 11.1 Å². The Morgan fingerprint density at radius 1 is 1.38 bits per heavy atom. The van der Waals surface area contributed by atoms with Crippen LogP contribution in [-0.4, -0.2) is 25.9 Å². The first-order chi connectivity index (χ1) is 11.5. The zero-order chi connectivity index (χ0) is 17.3. The Labute approximate surface area is 142 Å². The molecule has 1 fully saturated rings. The first-order valence-electron chi connectivity index (χ1n) is 7.85. The van der Waals surface area contributed by atoms with E-state index in [9.17, 15) is 13.6 Å². The van der Waals surface area contributed by atoms with Gasteiger partial charge in [0, 0.05) is 24.2 Å². The first-order valence-corrected chi connectivity index (χ1v) is 8.73. The molecular weight excluding hydrogens is 334 g/mol. The van der Waals surface area contributed by atoms with Crippen molar-refractivity contribution in [1.82, 2.24) is 14.8 Å². The summed E-state index contributed by atoms with van der Waals surface area (Å²) in [5.41, 5.74) is 0.224. The fourth-order valence-electron chi connectivity index (χ4n) is 2.36. The molecule has 1 aliphatic rings. The van der Waals surface area contributed by atoms with Crippen LogP contribution >= 0.6 is 11.8 Å². The SMILES string of the molecule is CCn1c(S[C@H](C)C(=O)Nc2ccc(F)c(F)c2)nnc1C1CC1. The second-order valence-electron chi connectivity index (χ2n) is 5.74. The van der Waals surface area contributed by atoms with Crippen molar-refractivity contribution in [3.8, 4) is 0 Å². The molecule has 0 saturated heterocycles. The molecule has 1 amide bonds. The molecule has 2 aromatic rings. The van der Waals surface area contributed by atoms with Crippen molar-refractivity contribution in [2.75, 3.05) is 5.32 Å². The maximum absolute atomic E-state index is 13.2. The first kappa shape index (κ1) is 16.9. The number of halogens is 2. The number of carbonyl (C=O) groups is 1. The maximum Gasteiger partial charge on any atom is 0.237 e. The molecule has 0 radical (unpaired) electrons. The fraction of sp³-hybridized carbons (Fsp3) is 0.438. The number of hydrogen-bond donors (Lipinski definition) is 1. The van der Waals surface area contributed by atoms with Crippen molar-refractivity contribution in [2.24, 2.45) is 0 Å². The van der Waals surface area contributed by atoms with Crippen LogP contribution in [0.3, 0.4) is 0 Å². The number of anilines is 1. The average molecular weight is 352 g/mol. The van der Waals surface area contributed by atoms with Gasteiger partial charge in [-0.15, -0.1) is 10.2 Å². The molecule has 1 heterocycles. The molecule has 0 aliphatic heterocycles. The quantitative estimate of drug-likeness (QED) is 0.808. The van der Waals surface area contributed by atoms with E-state index in [1.54, 1.807) is 6.92 Å². The minimum absolute atomic E-state index is 0.224. The van der Waals surface area contributed by atoms with Crippen LogP contribution in [0, 0.1) is 11.6 Å². The van der Waals surface area contributed by atoms with Gasteiger partial charge in [-0.25, -0.2) is 8.78 Å². The Morgan fingerprint density at radius 2 is 2.12 bits per heavy atom. The Morgan fingerprint density at radius 3 is 2.75 bits per heavy atom. The molecule has 1 aromatic carbocycles. The Bertz CT molecular complexity index is 761. The summed E-state index contributed by atoms with van der Waals surface area (Å²) < 4.78 is 28.2. The number of rotatable bonds is 6. The van der Waals surface area contributed by atoms with Crippen LogP contribution in [0.4, 0.5) is 14.5 Å². The minimum Gasteiger partial charge on any atom is -0.325 e. The summed E-state index contributed by atoms with van der Waals surface area (Å²) in [6, 6.07) is 3.27. The molecule has 1 aromatic heterocycles. The molecule has 24 heavy (non-hydrogen) atoms. The number of nitrogens with zero attached hydrogens (tertiary/aromatic N) is 3. The molecule has 5 nitrogen and oxygen atoms in total. The van der Waals surface area contributed by atoms with Crippen molar-refractivity contribution in [2.45, 2.75) is 49.6 Å². The molecule has 128 valence electrons. The summed E-state index contributed by atoms with van der Waals surface area (Å²) in [4.78, 5) is 12.3. The predicted octanol–water partition coefficient (Wildman–Crippen LogP) is 3.57. The van der Waals surface area contributed by atoms with Gasteiger partial charge in [0.1, 0.15) is 5.82 Å². The summed E-state index contributed by atoms with van der Waals surface area (Å²) in [5.74, 6) is -0.775. The summed E-state index contributed by atoms with van der Waals surface area (Å²) in [6.45, 7) is 4.51. The van der Waals surface area contributed by atoms with Crippen LogP contribution in [0.15, 0.2) is 23.4 Å². The van der Waals surface area contributed by atoms with E-state index < -0.39 is 16.9 Å². The molecule has 1 atom stereocenters. The summed E-state index contributed by atoms with van der Waals surface area (Å²) in [7, 11) is 0. The number of amides is 1. The number of nitrogens with one attached hydrogen (secondary N) is 1. The van der Waals surface area contributed by atoms with Crippen molar-refractivity contribution < 1.29 is 13.6 Å². The zero-order valence-corrected chi connectivity index (χ0v) is 14.2. The maximum atomic E-state index is 13.2. The van der Waals surface area contributed by atoms with Crippen LogP contribution in [0.1, 0.15) is 38.4 Å². The lowest BCUT2D eigenvalue weighted by molar-refractivity contribution is -0.115. The molecule has 0 bridgehead atoms. The molecule has 3 rings (SSSR count). The highest BCUT2D eigenvalue weighted by Gasteiger charge is 2.30. The molecular formula is C16H18F2N4OS. The third-order valence-electron chi connectivity index (χ3n) is 3.84. The minimum atomic E-state index is -0.993. The summed E-state index contributed by atoms with van der Waals surface area (Å²) in [5, 5.41) is 11.3. The monoisotopic (exact) mass is 352 g/mol. The van der Waals surface area contributed by atoms with E-state index in [-0.39, 0.29) is 11.6 Å². The summed E-state index contributed by atoms with van der Waals surface area (Å²) in [6.07, 6.45) is 2.27. The smallest absolute Gasteiger partial charge is 0.237 e. The van der Waals surface area contributed by atoms with E-state index in [1.807, 2.05) is 11.5 Å².